The second kappa shape index (κ2) is 7.54. The lowest BCUT2D eigenvalue weighted by molar-refractivity contribution is -0.120. The zero-order chi connectivity index (χ0) is 24.6. The number of aromatic nitrogens is 3. The number of carboxylic acid groups (broad SMARTS) is 1. The highest BCUT2D eigenvalue weighted by molar-refractivity contribution is 6.35. The van der Waals surface area contributed by atoms with Crippen molar-refractivity contribution in [3.8, 4) is 11.1 Å². The van der Waals surface area contributed by atoms with E-state index in [1.54, 1.807) is 19.3 Å². The van der Waals surface area contributed by atoms with E-state index >= 15 is 4.39 Å². The van der Waals surface area contributed by atoms with E-state index in [9.17, 15) is 14.7 Å². The average molecular weight is 495 g/mol. The van der Waals surface area contributed by atoms with Crippen LogP contribution in [0.4, 0.5) is 20.6 Å². The number of aryl methyl sites for hydroxylation is 1. The summed E-state index contributed by atoms with van der Waals surface area (Å²) in [4.78, 5) is 33.5. The number of fused-ring (bicyclic) bond motifs is 6. The van der Waals surface area contributed by atoms with Gasteiger partial charge in [0.2, 0.25) is 0 Å². The van der Waals surface area contributed by atoms with E-state index in [0.29, 0.717) is 22.3 Å². The molecule has 2 N–H and O–H groups in total. The number of piperazine rings is 1. The van der Waals surface area contributed by atoms with Crippen molar-refractivity contribution in [1.82, 2.24) is 20.1 Å². The van der Waals surface area contributed by atoms with Gasteiger partial charge in [-0.25, -0.2) is 9.18 Å². The predicted octanol–water partition coefficient (Wildman–Crippen LogP) is 4.02. The molecule has 2 amide bonds. The van der Waals surface area contributed by atoms with Gasteiger partial charge in [-0.1, -0.05) is 17.7 Å². The van der Waals surface area contributed by atoms with E-state index < -0.39 is 18.0 Å². The van der Waals surface area contributed by atoms with Gasteiger partial charge in [-0.05, 0) is 24.6 Å². The van der Waals surface area contributed by atoms with Gasteiger partial charge in [-0.3, -0.25) is 14.9 Å². The third-order valence-electron chi connectivity index (χ3n) is 7.00. The standard InChI is InChI=1S/C24H20ClFN6O3/c1-11-3-4-15-13(8-28-29-15)18(11)19-14(25)7-12-21(20(19)26)27-9-16-22(12)32-6-5-31(24(34)35)10-17(32)23(33)30(16)2/h3-4,7-9,17H,5-6,10H2,1-2H3,(H,28,29)(H,34,35)/t17-/m1/s1. The van der Waals surface area contributed by atoms with Crippen molar-refractivity contribution in [2.24, 2.45) is 0 Å². The summed E-state index contributed by atoms with van der Waals surface area (Å²) in [6, 6.07) is 4.73. The minimum absolute atomic E-state index is 0.0255. The highest BCUT2D eigenvalue weighted by Gasteiger charge is 2.42. The molecule has 0 spiro atoms. The van der Waals surface area contributed by atoms with Gasteiger partial charge in [-0.15, -0.1) is 0 Å². The predicted molar refractivity (Wildman–Crippen MR) is 131 cm³/mol. The summed E-state index contributed by atoms with van der Waals surface area (Å²) in [5.41, 5.74) is 3.76. The molecule has 2 aromatic carbocycles. The minimum Gasteiger partial charge on any atom is -0.465 e. The average Bonchev–Trinajstić information content (AvgIpc) is 3.31. The molecular weight excluding hydrogens is 475 g/mol. The number of carbonyl (C=O) groups excluding carboxylic acids is 1. The van der Waals surface area contributed by atoms with Crippen LogP contribution in [0.15, 0.2) is 30.6 Å². The summed E-state index contributed by atoms with van der Waals surface area (Å²) in [6.45, 7) is 2.42. The van der Waals surface area contributed by atoms with Gasteiger partial charge in [0.15, 0.2) is 5.82 Å². The molecule has 0 bridgehead atoms. The third-order valence-corrected chi connectivity index (χ3v) is 7.30. The normalized spacial score (nSPS) is 17.8. The van der Waals surface area contributed by atoms with Gasteiger partial charge in [0.05, 0.1) is 40.9 Å². The first kappa shape index (κ1) is 21.6. The van der Waals surface area contributed by atoms with Crippen LogP contribution >= 0.6 is 11.6 Å². The first-order valence-corrected chi connectivity index (χ1v) is 11.4. The molecule has 2 aliphatic rings. The zero-order valence-corrected chi connectivity index (χ0v) is 19.6. The van der Waals surface area contributed by atoms with Crippen LogP contribution < -0.4 is 9.80 Å². The fourth-order valence-electron chi connectivity index (χ4n) is 5.25. The fraction of sp³-hybridized carbons (Fsp3) is 0.250. The van der Waals surface area contributed by atoms with Crippen molar-refractivity contribution in [3.05, 3.63) is 47.0 Å². The lowest BCUT2D eigenvalue weighted by Crippen LogP contribution is -2.62. The van der Waals surface area contributed by atoms with Gasteiger partial charge in [0.25, 0.3) is 5.91 Å². The number of amides is 2. The highest BCUT2D eigenvalue weighted by atomic mass is 35.5. The number of hydrogen-bond donors (Lipinski definition) is 2. The maximum atomic E-state index is 16.2. The quantitative estimate of drug-likeness (QED) is 0.414. The molecular formula is C24H20ClFN6O3. The number of likely N-dealkylation sites (N-methyl/N-ethyl adjacent to an activating group) is 1. The van der Waals surface area contributed by atoms with Crippen LogP contribution in [-0.2, 0) is 4.79 Å². The van der Waals surface area contributed by atoms with Crippen molar-refractivity contribution < 1.29 is 19.1 Å². The molecule has 1 fully saturated rings. The zero-order valence-electron chi connectivity index (χ0n) is 18.8. The van der Waals surface area contributed by atoms with Gasteiger partial charge in [0.1, 0.15) is 11.6 Å². The Labute approximate surface area is 203 Å². The first-order valence-electron chi connectivity index (χ1n) is 11.0. The van der Waals surface area contributed by atoms with E-state index in [-0.39, 0.29) is 41.6 Å². The van der Waals surface area contributed by atoms with E-state index in [2.05, 4.69) is 15.2 Å². The molecule has 6 rings (SSSR count). The summed E-state index contributed by atoms with van der Waals surface area (Å²) < 4.78 is 16.2. The second-order valence-electron chi connectivity index (χ2n) is 8.86. The molecule has 0 radical (unpaired) electrons. The lowest BCUT2D eigenvalue weighted by atomic mass is 9.94. The Kier molecular flexibility index (Phi) is 4.65. The summed E-state index contributed by atoms with van der Waals surface area (Å²) in [6.07, 6.45) is 2.06. The number of hydrogen-bond acceptors (Lipinski definition) is 5. The molecule has 0 unspecified atom stereocenters. The Morgan fingerprint density at radius 2 is 2.03 bits per heavy atom. The fourth-order valence-corrected chi connectivity index (χ4v) is 5.54. The number of nitrogens with one attached hydrogen (secondary N) is 1. The van der Waals surface area contributed by atoms with Crippen molar-refractivity contribution in [1.29, 1.82) is 0 Å². The van der Waals surface area contributed by atoms with Crippen LogP contribution in [-0.4, -0.2) is 69.9 Å². The molecule has 35 heavy (non-hydrogen) atoms. The highest BCUT2D eigenvalue weighted by Crippen LogP contribution is 2.46. The third kappa shape index (κ3) is 2.99. The molecule has 1 saturated heterocycles. The Bertz CT molecular complexity index is 1570. The molecule has 178 valence electrons. The minimum atomic E-state index is -1.08. The Morgan fingerprint density at radius 1 is 1.23 bits per heavy atom. The van der Waals surface area contributed by atoms with Crippen LogP contribution in [0.3, 0.4) is 0 Å². The van der Waals surface area contributed by atoms with E-state index in [1.807, 2.05) is 24.0 Å². The van der Waals surface area contributed by atoms with Gasteiger partial charge in [-0.2, -0.15) is 5.10 Å². The van der Waals surface area contributed by atoms with Crippen LogP contribution in [0.25, 0.3) is 32.9 Å². The number of carbonyl (C=O) groups is 2. The van der Waals surface area contributed by atoms with Crippen molar-refractivity contribution in [2.75, 3.05) is 36.5 Å². The molecule has 2 aromatic heterocycles. The van der Waals surface area contributed by atoms with Crippen LogP contribution in [0.2, 0.25) is 5.02 Å². The molecule has 0 saturated carbocycles. The summed E-state index contributed by atoms with van der Waals surface area (Å²) in [5, 5.41) is 17.9. The number of rotatable bonds is 1. The van der Waals surface area contributed by atoms with Crippen molar-refractivity contribution in [2.45, 2.75) is 13.0 Å². The van der Waals surface area contributed by atoms with Gasteiger partial charge >= 0.3 is 6.09 Å². The topological polar surface area (TPSA) is 106 Å². The maximum Gasteiger partial charge on any atom is 0.407 e. The number of aromatic amines is 1. The molecule has 1 atom stereocenters. The molecule has 11 heteroatoms. The Morgan fingerprint density at radius 3 is 2.80 bits per heavy atom. The number of anilines is 2. The summed E-state index contributed by atoms with van der Waals surface area (Å²) in [7, 11) is 1.61. The second-order valence-corrected chi connectivity index (χ2v) is 9.27. The molecule has 9 nitrogen and oxygen atoms in total. The number of pyridine rings is 1. The number of halogens is 2. The lowest BCUT2D eigenvalue weighted by Gasteiger charge is -2.46. The van der Waals surface area contributed by atoms with Crippen molar-refractivity contribution >= 4 is 56.8 Å². The number of benzene rings is 2. The molecule has 4 aromatic rings. The summed E-state index contributed by atoms with van der Waals surface area (Å²) in [5.74, 6) is -0.803. The summed E-state index contributed by atoms with van der Waals surface area (Å²) >= 11 is 6.75. The monoisotopic (exact) mass is 494 g/mol. The molecule has 4 heterocycles. The molecule has 2 aliphatic heterocycles. The van der Waals surface area contributed by atoms with E-state index in [0.717, 1.165) is 16.5 Å². The van der Waals surface area contributed by atoms with Crippen LogP contribution in [0.1, 0.15) is 5.56 Å². The van der Waals surface area contributed by atoms with Crippen molar-refractivity contribution in [3.63, 3.8) is 0 Å². The van der Waals surface area contributed by atoms with Gasteiger partial charge < -0.3 is 19.8 Å². The van der Waals surface area contributed by atoms with Gasteiger partial charge in [0, 0.05) is 42.0 Å². The largest absolute Gasteiger partial charge is 0.465 e. The smallest absolute Gasteiger partial charge is 0.407 e. The molecule has 0 aliphatic carbocycles. The SMILES string of the molecule is Cc1ccc2[nH]ncc2c1-c1c(Cl)cc2c3c(cnc2c1F)N(C)C(=O)[C@H]1CN(C(=O)O)CCN31. The van der Waals surface area contributed by atoms with E-state index in [4.69, 9.17) is 11.6 Å². The Balaban J connectivity index is 1.59. The number of nitrogens with zero attached hydrogens (tertiary/aromatic N) is 5. The van der Waals surface area contributed by atoms with E-state index in [1.165, 1.54) is 16.0 Å². The number of H-pyrrole nitrogens is 1. The van der Waals surface area contributed by atoms with Crippen LogP contribution in [0, 0.1) is 12.7 Å². The maximum absolute atomic E-state index is 16.2. The Hall–Kier alpha value is -3.92. The van der Waals surface area contributed by atoms with Crippen LogP contribution in [0.5, 0.6) is 0 Å². The first-order chi connectivity index (χ1) is 16.8.